The van der Waals surface area contributed by atoms with E-state index >= 15 is 0 Å². The fourth-order valence-corrected chi connectivity index (χ4v) is 5.34. The lowest BCUT2D eigenvalue weighted by molar-refractivity contribution is 0.676. The molecule has 0 N–H and O–H groups in total. The van der Waals surface area contributed by atoms with Crippen molar-refractivity contribution < 1.29 is 0 Å². The molecule has 0 saturated heterocycles. The van der Waals surface area contributed by atoms with Gasteiger partial charge in [0, 0.05) is 28.7 Å². The summed E-state index contributed by atoms with van der Waals surface area (Å²) >= 11 is 1.87. The zero-order valence-corrected chi connectivity index (χ0v) is 19.2. The Morgan fingerprint density at radius 2 is 1.38 bits per heavy atom. The van der Waals surface area contributed by atoms with E-state index in [4.69, 9.17) is 0 Å². The fourth-order valence-electron chi connectivity index (χ4n) is 4.24. The number of hydrogen-bond donors (Lipinski definition) is 0. The van der Waals surface area contributed by atoms with Crippen LogP contribution in [0.5, 0.6) is 0 Å². The molecule has 0 amide bonds. The number of aromatic nitrogens is 2. The first kappa shape index (κ1) is 20.8. The molecule has 32 heavy (non-hydrogen) atoms. The number of aryl methyl sites for hydroxylation is 2. The minimum Gasteiger partial charge on any atom is -0.340 e. The maximum atomic E-state index is 4.53. The van der Waals surface area contributed by atoms with Crippen LogP contribution in [0.2, 0.25) is 0 Å². The van der Waals surface area contributed by atoms with Crippen molar-refractivity contribution in [3.05, 3.63) is 96.3 Å². The van der Waals surface area contributed by atoms with Gasteiger partial charge in [0.05, 0.1) is 22.8 Å². The van der Waals surface area contributed by atoms with Gasteiger partial charge in [-0.25, -0.2) is 0 Å². The maximum Gasteiger partial charge on any atom is 0.0888 e. The largest absolute Gasteiger partial charge is 0.340 e. The number of hydrogen-bond acceptors (Lipinski definition) is 4. The Morgan fingerprint density at radius 3 is 2.09 bits per heavy atom. The van der Waals surface area contributed by atoms with E-state index in [1.54, 1.807) is 0 Å². The lowest BCUT2D eigenvalue weighted by Crippen LogP contribution is -2.21. The first-order valence-electron chi connectivity index (χ1n) is 11.3. The van der Waals surface area contributed by atoms with Crippen LogP contribution in [0, 0.1) is 6.92 Å². The summed E-state index contributed by atoms with van der Waals surface area (Å²) in [4.78, 5) is 14.2. The summed E-state index contributed by atoms with van der Waals surface area (Å²) < 4.78 is 0. The van der Waals surface area contributed by atoms with Crippen molar-refractivity contribution in [2.75, 3.05) is 11.4 Å². The van der Waals surface area contributed by atoms with Gasteiger partial charge in [0.25, 0.3) is 0 Å². The van der Waals surface area contributed by atoms with Crippen molar-refractivity contribution in [3.8, 4) is 11.4 Å². The predicted molar refractivity (Wildman–Crippen MR) is 134 cm³/mol. The van der Waals surface area contributed by atoms with Gasteiger partial charge in [0.15, 0.2) is 0 Å². The fraction of sp³-hybridized carbons (Fsp3) is 0.214. The van der Waals surface area contributed by atoms with Crippen LogP contribution in [-0.4, -0.2) is 16.5 Å². The minimum absolute atomic E-state index is 0.951. The standard InChI is InChI=1S/C28H27N3S/c1-21-14-16-29-23(19-21)24-20-22(15-17-30-24)9-3-2-8-18-31-25-10-4-6-12-27(25)32-28-13-7-5-11-26(28)31/h4-7,10-17,19-20H,2-3,8-9,18H2,1H3. The van der Waals surface area contributed by atoms with Gasteiger partial charge in [0.1, 0.15) is 0 Å². The summed E-state index contributed by atoms with van der Waals surface area (Å²) in [5.41, 5.74) is 7.13. The second-order valence-electron chi connectivity index (χ2n) is 8.27. The van der Waals surface area contributed by atoms with Crippen LogP contribution in [-0.2, 0) is 6.42 Å². The molecule has 4 aromatic rings. The number of rotatable bonds is 7. The van der Waals surface area contributed by atoms with Gasteiger partial charge < -0.3 is 4.90 Å². The molecule has 160 valence electrons. The number of pyridine rings is 2. The average Bonchev–Trinajstić information content (AvgIpc) is 2.83. The second kappa shape index (κ2) is 9.58. The number of benzene rings is 2. The van der Waals surface area contributed by atoms with Crippen molar-refractivity contribution in [2.45, 2.75) is 42.4 Å². The normalized spacial score (nSPS) is 12.3. The highest BCUT2D eigenvalue weighted by Crippen LogP contribution is 2.47. The molecular weight excluding hydrogens is 410 g/mol. The molecule has 2 aromatic heterocycles. The summed E-state index contributed by atoms with van der Waals surface area (Å²) in [6.07, 6.45) is 8.39. The van der Waals surface area contributed by atoms with E-state index in [0.717, 1.165) is 24.4 Å². The van der Waals surface area contributed by atoms with E-state index in [0.29, 0.717) is 0 Å². The Balaban J connectivity index is 1.20. The van der Waals surface area contributed by atoms with E-state index in [1.807, 2.05) is 30.2 Å². The quantitative estimate of drug-likeness (QED) is 0.280. The molecule has 0 fully saturated rings. The molecule has 5 rings (SSSR count). The summed E-state index contributed by atoms with van der Waals surface area (Å²) in [5, 5.41) is 0. The molecule has 0 spiro atoms. The Kier molecular flexibility index (Phi) is 6.22. The van der Waals surface area contributed by atoms with Crippen LogP contribution in [0.15, 0.2) is 95.0 Å². The Morgan fingerprint density at radius 1 is 0.719 bits per heavy atom. The third-order valence-electron chi connectivity index (χ3n) is 5.88. The molecule has 4 heteroatoms. The monoisotopic (exact) mass is 437 g/mol. The van der Waals surface area contributed by atoms with Gasteiger partial charge in [-0.05, 0) is 85.8 Å². The van der Waals surface area contributed by atoms with Gasteiger partial charge in [0.2, 0.25) is 0 Å². The molecule has 3 heterocycles. The summed E-state index contributed by atoms with van der Waals surface area (Å²) in [7, 11) is 0. The highest BCUT2D eigenvalue weighted by molar-refractivity contribution is 7.99. The van der Waals surface area contributed by atoms with E-state index in [2.05, 4.69) is 88.5 Å². The molecule has 1 aliphatic heterocycles. The van der Waals surface area contributed by atoms with Crippen molar-refractivity contribution >= 4 is 23.1 Å². The van der Waals surface area contributed by atoms with E-state index in [9.17, 15) is 0 Å². The molecule has 0 bridgehead atoms. The van der Waals surface area contributed by atoms with Crippen LogP contribution in [0.25, 0.3) is 11.4 Å². The van der Waals surface area contributed by atoms with Gasteiger partial charge in [-0.3, -0.25) is 9.97 Å². The summed E-state index contributed by atoms with van der Waals surface area (Å²) in [5.74, 6) is 0. The Hall–Kier alpha value is -3.11. The third-order valence-corrected chi connectivity index (χ3v) is 7.01. The zero-order chi connectivity index (χ0) is 21.8. The molecule has 0 radical (unpaired) electrons. The molecular formula is C28H27N3S. The number of nitrogens with zero attached hydrogens (tertiary/aromatic N) is 3. The van der Waals surface area contributed by atoms with Gasteiger partial charge in [-0.1, -0.05) is 42.4 Å². The number of anilines is 2. The van der Waals surface area contributed by atoms with E-state index in [1.165, 1.54) is 51.6 Å². The lowest BCUT2D eigenvalue weighted by Gasteiger charge is -2.32. The van der Waals surface area contributed by atoms with Gasteiger partial charge >= 0.3 is 0 Å². The SMILES string of the molecule is Cc1ccnc(-c2cc(CCCCCN3c4ccccc4Sc4ccccc43)ccn2)c1. The first-order valence-corrected chi connectivity index (χ1v) is 12.1. The molecule has 0 saturated carbocycles. The van der Waals surface area contributed by atoms with Crippen LogP contribution >= 0.6 is 11.8 Å². The molecule has 1 aliphatic rings. The summed E-state index contributed by atoms with van der Waals surface area (Å²) in [6.45, 7) is 3.14. The highest BCUT2D eigenvalue weighted by Gasteiger charge is 2.22. The molecule has 0 unspecified atom stereocenters. The number of fused-ring (bicyclic) bond motifs is 2. The first-order chi connectivity index (χ1) is 15.8. The topological polar surface area (TPSA) is 29.0 Å². The van der Waals surface area contributed by atoms with Crippen LogP contribution < -0.4 is 4.90 Å². The number of para-hydroxylation sites is 2. The van der Waals surface area contributed by atoms with Gasteiger partial charge in [-0.15, -0.1) is 0 Å². The minimum atomic E-state index is 0.951. The highest BCUT2D eigenvalue weighted by atomic mass is 32.2. The molecule has 3 nitrogen and oxygen atoms in total. The maximum absolute atomic E-state index is 4.53. The molecule has 0 aliphatic carbocycles. The van der Waals surface area contributed by atoms with Gasteiger partial charge in [-0.2, -0.15) is 0 Å². The van der Waals surface area contributed by atoms with E-state index < -0.39 is 0 Å². The molecule has 2 aromatic carbocycles. The van der Waals surface area contributed by atoms with Crippen molar-refractivity contribution in [2.24, 2.45) is 0 Å². The van der Waals surface area contributed by atoms with Crippen LogP contribution in [0.4, 0.5) is 11.4 Å². The van der Waals surface area contributed by atoms with Crippen LogP contribution in [0.1, 0.15) is 30.4 Å². The Labute approximate surface area is 194 Å². The van der Waals surface area contributed by atoms with Crippen molar-refractivity contribution in [3.63, 3.8) is 0 Å². The van der Waals surface area contributed by atoms with Crippen molar-refractivity contribution in [1.82, 2.24) is 9.97 Å². The van der Waals surface area contributed by atoms with Crippen LogP contribution in [0.3, 0.4) is 0 Å². The Bertz CT molecular complexity index is 1170. The third kappa shape index (κ3) is 4.56. The number of unbranched alkanes of at least 4 members (excludes halogenated alkanes) is 2. The predicted octanol–water partition coefficient (Wildman–Crippen LogP) is 7.47. The lowest BCUT2D eigenvalue weighted by atomic mass is 10.1. The smallest absolute Gasteiger partial charge is 0.0888 e. The van der Waals surface area contributed by atoms with E-state index in [-0.39, 0.29) is 0 Å². The molecule has 0 atom stereocenters. The average molecular weight is 438 g/mol. The summed E-state index contributed by atoms with van der Waals surface area (Å²) in [6, 6.07) is 25.9. The zero-order valence-electron chi connectivity index (χ0n) is 18.4. The van der Waals surface area contributed by atoms with Crippen molar-refractivity contribution in [1.29, 1.82) is 0 Å². The second-order valence-corrected chi connectivity index (χ2v) is 9.35.